The van der Waals surface area contributed by atoms with E-state index >= 15 is 0 Å². The molecule has 1 heterocycles. The van der Waals surface area contributed by atoms with E-state index in [1.807, 2.05) is 4.90 Å². The number of nitrogens with one attached hydrogen (secondary N) is 1. The quantitative estimate of drug-likeness (QED) is 0.627. The highest BCUT2D eigenvalue weighted by Crippen LogP contribution is 2.33. The Morgan fingerprint density at radius 3 is 2.55 bits per heavy atom. The first-order valence-electron chi connectivity index (χ1n) is 10.4. The van der Waals surface area contributed by atoms with Crippen LogP contribution < -0.4 is 10.1 Å². The normalized spacial score (nSPS) is 21.3. The van der Waals surface area contributed by atoms with Gasteiger partial charge in [0.2, 0.25) is 5.91 Å². The molecule has 2 aromatic carbocycles. The molecule has 0 bridgehead atoms. The third kappa shape index (κ3) is 4.96. The maximum atomic E-state index is 13.4. The van der Waals surface area contributed by atoms with Crippen LogP contribution in [0.2, 0.25) is 10.0 Å². The Bertz CT molecular complexity index is 993. The summed E-state index contributed by atoms with van der Waals surface area (Å²) in [6.07, 6.45) is 4.92. The van der Waals surface area contributed by atoms with Crippen molar-refractivity contribution in [1.29, 1.82) is 0 Å². The van der Waals surface area contributed by atoms with E-state index < -0.39 is 5.82 Å². The van der Waals surface area contributed by atoms with Crippen molar-refractivity contribution in [3.8, 4) is 11.5 Å². The molecule has 4 rings (SSSR count). The summed E-state index contributed by atoms with van der Waals surface area (Å²) in [7, 11) is 0. The van der Waals surface area contributed by atoms with Crippen LogP contribution in [-0.2, 0) is 4.79 Å². The molecule has 1 aliphatic carbocycles. The zero-order valence-corrected chi connectivity index (χ0v) is 18.4. The van der Waals surface area contributed by atoms with Crippen LogP contribution in [0.25, 0.3) is 0 Å². The number of ether oxygens (including phenoxy) is 1. The summed E-state index contributed by atoms with van der Waals surface area (Å²) in [6, 6.07) is 9.19. The fraction of sp³-hybridized carbons (Fsp3) is 0.391. The molecule has 1 saturated heterocycles. The number of hydrogen-bond acceptors (Lipinski definition) is 3. The predicted molar refractivity (Wildman–Crippen MR) is 117 cm³/mol. The average Bonchev–Trinajstić information content (AvgIpc) is 3.17. The lowest BCUT2D eigenvalue weighted by Gasteiger charge is -2.35. The summed E-state index contributed by atoms with van der Waals surface area (Å²) in [5.41, 5.74) is 0.224. The molecule has 0 atom stereocenters. The van der Waals surface area contributed by atoms with Crippen molar-refractivity contribution in [2.75, 3.05) is 6.54 Å². The van der Waals surface area contributed by atoms with Crippen LogP contribution in [0, 0.1) is 5.82 Å². The molecule has 164 valence electrons. The third-order valence-corrected chi connectivity index (χ3v) is 6.51. The minimum Gasteiger partial charge on any atom is -0.456 e. The van der Waals surface area contributed by atoms with Crippen molar-refractivity contribution in [2.45, 2.75) is 50.6 Å². The first kappa shape index (κ1) is 21.9. The van der Waals surface area contributed by atoms with Crippen molar-refractivity contribution in [2.24, 2.45) is 0 Å². The second-order valence-electron chi connectivity index (χ2n) is 7.96. The second kappa shape index (κ2) is 9.45. The number of rotatable bonds is 5. The number of halogens is 3. The molecule has 2 aromatic rings. The van der Waals surface area contributed by atoms with E-state index in [2.05, 4.69) is 5.32 Å². The zero-order chi connectivity index (χ0) is 22.0. The van der Waals surface area contributed by atoms with Gasteiger partial charge < -0.3 is 15.0 Å². The summed E-state index contributed by atoms with van der Waals surface area (Å²) >= 11 is 12.1. The molecule has 0 aromatic heterocycles. The van der Waals surface area contributed by atoms with Gasteiger partial charge in [-0.3, -0.25) is 9.59 Å². The van der Waals surface area contributed by atoms with Gasteiger partial charge in [0.05, 0.1) is 10.0 Å². The van der Waals surface area contributed by atoms with Gasteiger partial charge in [0, 0.05) is 31.1 Å². The van der Waals surface area contributed by atoms with Crippen molar-refractivity contribution < 1.29 is 18.7 Å². The highest BCUT2D eigenvalue weighted by molar-refractivity contribution is 6.34. The fourth-order valence-corrected chi connectivity index (χ4v) is 4.74. The number of nitrogens with zero attached hydrogens (tertiary/aromatic N) is 1. The van der Waals surface area contributed by atoms with E-state index in [0.29, 0.717) is 12.2 Å². The summed E-state index contributed by atoms with van der Waals surface area (Å²) in [5, 5.41) is 3.25. The number of carbonyl (C=O) groups excluding carboxylic acids is 2. The Labute approximate surface area is 190 Å². The van der Waals surface area contributed by atoms with Gasteiger partial charge in [-0.15, -0.1) is 0 Å². The molecule has 1 N–H and O–H groups in total. The van der Waals surface area contributed by atoms with Crippen LogP contribution in [0.4, 0.5) is 4.39 Å². The van der Waals surface area contributed by atoms with Crippen molar-refractivity contribution in [3.63, 3.8) is 0 Å². The molecule has 1 saturated carbocycles. The number of benzene rings is 2. The van der Waals surface area contributed by atoms with Crippen LogP contribution >= 0.6 is 23.2 Å². The molecule has 2 fully saturated rings. The predicted octanol–water partition coefficient (Wildman–Crippen LogP) is 5.59. The summed E-state index contributed by atoms with van der Waals surface area (Å²) in [6.45, 7) is 0.842. The van der Waals surface area contributed by atoms with Crippen LogP contribution in [0.1, 0.15) is 48.9 Å². The Balaban J connectivity index is 1.43. The maximum Gasteiger partial charge on any atom is 0.256 e. The van der Waals surface area contributed by atoms with Gasteiger partial charge in [-0.1, -0.05) is 29.3 Å². The van der Waals surface area contributed by atoms with Crippen LogP contribution in [0.15, 0.2) is 36.4 Å². The summed E-state index contributed by atoms with van der Waals surface area (Å²) in [4.78, 5) is 27.0. The number of amides is 2. The maximum absolute atomic E-state index is 13.4. The van der Waals surface area contributed by atoms with Gasteiger partial charge in [-0.05, 0) is 56.4 Å². The van der Waals surface area contributed by atoms with E-state index in [1.54, 1.807) is 18.2 Å². The van der Waals surface area contributed by atoms with Gasteiger partial charge in [-0.25, -0.2) is 4.39 Å². The van der Waals surface area contributed by atoms with E-state index in [1.165, 1.54) is 18.2 Å². The molecule has 0 radical (unpaired) electrons. The lowest BCUT2D eigenvalue weighted by Crippen LogP contribution is -2.44. The third-order valence-electron chi connectivity index (χ3n) is 5.90. The molecule has 2 aliphatic rings. The smallest absolute Gasteiger partial charge is 0.256 e. The topological polar surface area (TPSA) is 58.6 Å². The molecule has 0 spiro atoms. The van der Waals surface area contributed by atoms with Crippen molar-refractivity contribution in [1.82, 2.24) is 10.2 Å². The minimum absolute atomic E-state index is 0.00541. The van der Waals surface area contributed by atoms with E-state index in [-0.39, 0.29) is 45.3 Å². The van der Waals surface area contributed by atoms with Crippen LogP contribution in [0.3, 0.4) is 0 Å². The van der Waals surface area contributed by atoms with Crippen LogP contribution in [-0.4, -0.2) is 35.3 Å². The monoisotopic (exact) mass is 464 g/mol. The SMILES string of the molecule is O=C(NC1CCC(N2CCCC2=O)CC1)c1c(Cl)cccc1Oc1ccc(F)c(Cl)c1. The standard InChI is InChI=1S/C23H23Cl2FN2O3/c24-17-3-1-4-20(31-16-10-11-19(26)18(25)13-16)22(17)23(30)27-14-6-8-15(9-7-14)28-12-2-5-21(28)29/h1,3-4,10-11,13-15H,2,5-9,12H2,(H,27,30). The molecule has 0 unspecified atom stereocenters. The summed E-state index contributed by atoms with van der Waals surface area (Å²) < 4.78 is 19.2. The molecule has 31 heavy (non-hydrogen) atoms. The average molecular weight is 465 g/mol. The van der Waals surface area contributed by atoms with E-state index in [0.717, 1.165) is 38.6 Å². The number of likely N-dealkylation sites (tertiary alicyclic amines) is 1. The largest absolute Gasteiger partial charge is 0.456 e. The summed E-state index contributed by atoms with van der Waals surface area (Å²) in [5.74, 6) is -0.0624. The lowest BCUT2D eigenvalue weighted by molar-refractivity contribution is -0.130. The van der Waals surface area contributed by atoms with Gasteiger partial charge in [0.15, 0.2) is 0 Å². The van der Waals surface area contributed by atoms with Gasteiger partial charge in [-0.2, -0.15) is 0 Å². The van der Waals surface area contributed by atoms with Crippen LogP contribution in [0.5, 0.6) is 11.5 Å². The minimum atomic E-state index is -0.552. The highest BCUT2D eigenvalue weighted by Gasteiger charge is 2.32. The van der Waals surface area contributed by atoms with E-state index in [9.17, 15) is 14.0 Å². The van der Waals surface area contributed by atoms with Gasteiger partial charge >= 0.3 is 0 Å². The number of carbonyl (C=O) groups is 2. The molecule has 1 aliphatic heterocycles. The molecule has 2 amide bonds. The van der Waals surface area contributed by atoms with Crippen molar-refractivity contribution in [3.05, 3.63) is 57.8 Å². The fourth-order valence-electron chi connectivity index (χ4n) is 4.32. The zero-order valence-electron chi connectivity index (χ0n) is 16.9. The Kier molecular flexibility index (Phi) is 6.68. The second-order valence-corrected chi connectivity index (χ2v) is 8.77. The molecular weight excluding hydrogens is 442 g/mol. The highest BCUT2D eigenvalue weighted by atomic mass is 35.5. The lowest BCUT2D eigenvalue weighted by atomic mass is 9.90. The first-order chi connectivity index (χ1) is 14.9. The molecule has 8 heteroatoms. The Hall–Kier alpha value is -2.31. The Morgan fingerprint density at radius 2 is 1.87 bits per heavy atom. The van der Waals surface area contributed by atoms with Crippen molar-refractivity contribution >= 4 is 35.0 Å². The molecular formula is C23H23Cl2FN2O3. The van der Waals surface area contributed by atoms with Gasteiger partial charge in [0.1, 0.15) is 22.9 Å². The van der Waals surface area contributed by atoms with Gasteiger partial charge in [0.25, 0.3) is 5.91 Å². The first-order valence-corrected chi connectivity index (χ1v) is 11.2. The molecule has 5 nitrogen and oxygen atoms in total. The number of hydrogen-bond donors (Lipinski definition) is 1. The van der Waals surface area contributed by atoms with E-state index in [4.69, 9.17) is 27.9 Å². The Morgan fingerprint density at radius 1 is 1.10 bits per heavy atom.